The van der Waals surface area contributed by atoms with E-state index < -0.39 is 0 Å². The van der Waals surface area contributed by atoms with E-state index in [0.29, 0.717) is 6.42 Å². The van der Waals surface area contributed by atoms with Crippen LogP contribution in [0.5, 0.6) is 0 Å². The maximum absolute atomic E-state index is 14.7. The molecule has 0 fully saturated rings. The van der Waals surface area contributed by atoms with E-state index in [-0.39, 0.29) is 16.3 Å². The molecule has 2 bridgehead atoms. The first kappa shape index (κ1) is 20.2. The molecule has 5 heteroatoms. The number of benzene rings is 2. The summed E-state index contributed by atoms with van der Waals surface area (Å²) in [6.07, 6.45) is 1.46. The predicted octanol–water partition coefficient (Wildman–Crippen LogP) is 5.46. The third-order valence-electron chi connectivity index (χ3n) is 5.45. The zero-order valence-corrected chi connectivity index (χ0v) is 18.3. The fourth-order valence-corrected chi connectivity index (χ4v) is 5.95. The van der Waals surface area contributed by atoms with Gasteiger partial charge in [0.1, 0.15) is 13.7 Å². The number of hydrogen-bond donors (Lipinski definition) is 2. The van der Waals surface area contributed by atoms with Crippen LogP contribution in [0, 0.1) is 19.7 Å². The van der Waals surface area contributed by atoms with Crippen molar-refractivity contribution in [2.75, 3.05) is 5.75 Å². The molecule has 0 heterocycles. The lowest BCUT2D eigenvalue weighted by Gasteiger charge is -2.32. The van der Waals surface area contributed by atoms with Gasteiger partial charge in [-0.2, -0.15) is 12.6 Å². The molecule has 3 rings (SSSR count). The van der Waals surface area contributed by atoms with Gasteiger partial charge in [-0.3, -0.25) is 0 Å². The minimum absolute atomic E-state index is 0.0112. The fraction of sp³-hybridized carbons (Fsp3) is 0.429. The summed E-state index contributed by atoms with van der Waals surface area (Å²) in [5.41, 5.74) is 8.58. The molecule has 0 amide bonds. The molecular weight excluding hydrogens is 378 g/mol. The smallest absolute Gasteiger partial charge is 0.126 e. The van der Waals surface area contributed by atoms with Crippen molar-refractivity contribution in [3.8, 4) is 0 Å². The molecular formula is C21H24BFS3. The molecule has 0 aromatic heterocycles. The molecule has 2 atom stereocenters. The second-order valence-corrected chi connectivity index (χ2v) is 9.55. The van der Waals surface area contributed by atoms with E-state index in [1.807, 2.05) is 24.8 Å². The highest BCUT2D eigenvalue weighted by Crippen LogP contribution is 2.47. The number of thioether (sulfide) groups is 1. The zero-order chi connectivity index (χ0) is 19.2. The van der Waals surface area contributed by atoms with Crippen molar-refractivity contribution >= 4 is 50.3 Å². The van der Waals surface area contributed by atoms with Gasteiger partial charge in [-0.05, 0) is 78.8 Å². The SMILES string of the molecule is [B]c1c(C)c2c(c(C)c1S)C(SCC)c1ccc(F)c(c1C(C)S)CC2. The summed E-state index contributed by atoms with van der Waals surface area (Å²) in [4.78, 5) is 0.867. The van der Waals surface area contributed by atoms with E-state index in [1.165, 1.54) is 16.7 Å². The highest BCUT2D eigenvalue weighted by Gasteiger charge is 2.30. The van der Waals surface area contributed by atoms with E-state index in [0.717, 1.165) is 44.8 Å². The molecule has 0 saturated heterocycles. The molecule has 0 nitrogen and oxygen atoms in total. The minimum atomic E-state index is -0.124. The fourth-order valence-electron chi connectivity index (χ4n) is 4.15. The molecule has 0 spiro atoms. The Labute approximate surface area is 173 Å². The summed E-state index contributed by atoms with van der Waals surface area (Å²) < 4.78 is 14.7. The van der Waals surface area contributed by atoms with Crippen LogP contribution in [0.2, 0.25) is 0 Å². The van der Waals surface area contributed by atoms with Crippen LogP contribution in [0.3, 0.4) is 0 Å². The normalized spacial score (nSPS) is 17.4. The van der Waals surface area contributed by atoms with Crippen molar-refractivity contribution in [3.05, 3.63) is 56.9 Å². The maximum atomic E-state index is 14.7. The average molecular weight is 402 g/mol. The molecule has 0 aliphatic heterocycles. The number of halogens is 1. The van der Waals surface area contributed by atoms with Gasteiger partial charge in [0.15, 0.2) is 0 Å². The second-order valence-electron chi connectivity index (χ2n) is 6.94. The second kappa shape index (κ2) is 7.85. The summed E-state index contributed by atoms with van der Waals surface area (Å²) in [6, 6.07) is 3.58. The Balaban J connectivity index is 2.40. The summed E-state index contributed by atoms with van der Waals surface area (Å²) in [5, 5.41) is 0.132. The molecule has 1 aliphatic carbocycles. The van der Waals surface area contributed by atoms with E-state index in [4.69, 9.17) is 33.1 Å². The monoisotopic (exact) mass is 402 g/mol. The highest BCUT2D eigenvalue weighted by atomic mass is 32.2. The van der Waals surface area contributed by atoms with Crippen LogP contribution >= 0.6 is 37.0 Å². The summed E-state index contributed by atoms with van der Waals surface area (Å²) in [6.45, 7) is 8.37. The van der Waals surface area contributed by atoms with Crippen LogP contribution in [0.25, 0.3) is 0 Å². The maximum Gasteiger partial charge on any atom is 0.126 e. The largest absolute Gasteiger partial charge is 0.207 e. The minimum Gasteiger partial charge on any atom is -0.207 e. The van der Waals surface area contributed by atoms with Crippen LogP contribution in [-0.4, -0.2) is 13.6 Å². The van der Waals surface area contributed by atoms with Crippen molar-refractivity contribution in [1.82, 2.24) is 0 Å². The van der Waals surface area contributed by atoms with Gasteiger partial charge in [-0.25, -0.2) is 4.39 Å². The summed E-state index contributed by atoms with van der Waals surface area (Å²) >= 11 is 11.3. The Hall–Kier alpha value is -0.515. The van der Waals surface area contributed by atoms with Crippen LogP contribution in [0.15, 0.2) is 17.0 Å². The van der Waals surface area contributed by atoms with Crippen molar-refractivity contribution in [3.63, 3.8) is 0 Å². The Morgan fingerprint density at radius 1 is 1.23 bits per heavy atom. The van der Waals surface area contributed by atoms with Gasteiger partial charge in [0.25, 0.3) is 0 Å². The molecule has 2 aromatic rings. The van der Waals surface area contributed by atoms with Gasteiger partial charge in [-0.1, -0.05) is 24.0 Å². The number of rotatable bonds is 3. The lowest BCUT2D eigenvalue weighted by molar-refractivity contribution is 0.601. The van der Waals surface area contributed by atoms with Crippen LogP contribution in [0.1, 0.15) is 63.3 Å². The lowest BCUT2D eigenvalue weighted by atomic mass is 9.77. The Bertz CT molecular complexity index is 861. The van der Waals surface area contributed by atoms with E-state index in [1.54, 1.807) is 6.07 Å². The van der Waals surface area contributed by atoms with Crippen molar-refractivity contribution in [2.45, 2.75) is 55.9 Å². The van der Waals surface area contributed by atoms with Gasteiger partial charge in [0.05, 0.1) is 5.25 Å². The molecule has 2 unspecified atom stereocenters. The van der Waals surface area contributed by atoms with Gasteiger partial charge in [-0.15, -0.1) is 24.4 Å². The quantitative estimate of drug-likeness (QED) is 0.508. The van der Waals surface area contributed by atoms with Crippen molar-refractivity contribution in [1.29, 1.82) is 0 Å². The Morgan fingerprint density at radius 3 is 2.50 bits per heavy atom. The highest BCUT2D eigenvalue weighted by molar-refractivity contribution is 7.99. The zero-order valence-electron chi connectivity index (χ0n) is 15.7. The van der Waals surface area contributed by atoms with E-state index >= 15 is 0 Å². The van der Waals surface area contributed by atoms with Gasteiger partial charge >= 0.3 is 0 Å². The first-order valence-electron chi connectivity index (χ1n) is 9.00. The molecule has 1 aliphatic rings. The van der Waals surface area contributed by atoms with Crippen molar-refractivity contribution < 1.29 is 4.39 Å². The Kier molecular flexibility index (Phi) is 6.10. The molecule has 0 saturated carbocycles. The summed E-state index contributed by atoms with van der Waals surface area (Å²) in [5.74, 6) is 0.851. The first-order valence-corrected chi connectivity index (χ1v) is 11.0. The van der Waals surface area contributed by atoms with Crippen LogP contribution in [0.4, 0.5) is 4.39 Å². The standard InChI is InChI=1S/C21H24BFS3/c1-5-26-21-15-8-9-16(23)14(18(15)12(4)24)7-6-13-10(2)19(22)20(25)11(3)17(13)21/h8-9,12,21,24-25H,5-7H2,1-4H3. The molecule has 136 valence electrons. The third-order valence-corrected chi connectivity index (χ3v) is 7.44. The number of fused-ring (bicyclic) bond motifs is 3. The van der Waals surface area contributed by atoms with Gasteiger partial charge in [0.2, 0.25) is 0 Å². The summed E-state index contributed by atoms with van der Waals surface area (Å²) in [7, 11) is 6.33. The molecule has 26 heavy (non-hydrogen) atoms. The molecule has 2 radical (unpaired) electrons. The van der Waals surface area contributed by atoms with E-state index in [9.17, 15) is 4.39 Å². The third kappa shape index (κ3) is 3.25. The van der Waals surface area contributed by atoms with Gasteiger partial charge in [0, 0.05) is 10.1 Å². The average Bonchev–Trinajstić information content (AvgIpc) is 2.59. The first-order chi connectivity index (χ1) is 12.3. The predicted molar refractivity (Wildman–Crippen MR) is 120 cm³/mol. The molecule has 0 N–H and O–H groups in total. The van der Waals surface area contributed by atoms with Gasteiger partial charge < -0.3 is 0 Å². The number of hydrogen-bond acceptors (Lipinski definition) is 3. The van der Waals surface area contributed by atoms with Crippen LogP contribution < -0.4 is 5.46 Å². The van der Waals surface area contributed by atoms with Crippen LogP contribution in [-0.2, 0) is 12.8 Å². The Morgan fingerprint density at radius 2 is 1.88 bits per heavy atom. The topological polar surface area (TPSA) is 0 Å². The van der Waals surface area contributed by atoms with Crippen molar-refractivity contribution in [2.24, 2.45) is 0 Å². The lowest BCUT2D eigenvalue weighted by Crippen LogP contribution is -2.22. The number of thiol groups is 2. The molecule has 2 aromatic carbocycles. The van der Waals surface area contributed by atoms with E-state index in [2.05, 4.69) is 20.8 Å².